The van der Waals surface area contributed by atoms with Gasteiger partial charge in [-0.05, 0) is 32.6 Å². The highest BCUT2D eigenvalue weighted by Crippen LogP contribution is 2.49. The van der Waals surface area contributed by atoms with Crippen molar-refractivity contribution < 1.29 is 19.7 Å². The summed E-state index contributed by atoms with van der Waals surface area (Å²) in [5.74, 6) is -0.538. The fraction of sp³-hybridized carbons (Fsp3) is 0.824. The third-order valence-electron chi connectivity index (χ3n) is 5.25. The molecule has 0 unspecified atom stereocenters. The first-order chi connectivity index (χ1) is 9.65. The summed E-state index contributed by atoms with van der Waals surface area (Å²) >= 11 is 0. The van der Waals surface area contributed by atoms with E-state index in [-0.39, 0.29) is 29.8 Å². The average molecular weight is 296 g/mol. The van der Waals surface area contributed by atoms with Gasteiger partial charge >= 0.3 is 5.97 Å². The van der Waals surface area contributed by atoms with Crippen LogP contribution in [-0.4, -0.2) is 34.0 Å². The molecule has 0 aliphatic heterocycles. The predicted molar refractivity (Wildman–Crippen MR) is 80.6 cm³/mol. The number of carbonyl (C=O) groups is 1. The minimum Gasteiger partial charge on any atom is -0.462 e. The monoisotopic (exact) mass is 296 g/mol. The van der Waals surface area contributed by atoms with Gasteiger partial charge in [-0.15, -0.1) is 0 Å². The Labute approximate surface area is 127 Å². The van der Waals surface area contributed by atoms with Crippen LogP contribution in [-0.2, 0) is 9.53 Å². The first-order valence-electron chi connectivity index (χ1n) is 7.91. The lowest BCUT2D eigenvalue weighted by Gasteiger charge is -2.38. The minimum atomic E-state index is -0.881. The van der Waals surface area contributed by atoms with Crippen molar-refractivity contribution in [1.82, 2.24) is 0 Å². The molecule has 0 radical (unpaired) electrons. The molecule has 0 aromatic heterocycles. The molecule has 0 heterocycles. The molecule has 0 aromatic rings. The molecule has 0 amide bonds. The molecule has 120 valence electrons. The van der Waals surface area contributed by atoms with E-state index in [0.717, 1.165) is 17.6 Å². The van der Waals surface area contributed by atoms with Crippen molar-refractivity contribution in [1.29, 1.82) is 0 Å². The summed E-state index contributed by atoms with van der Waals surface area (Å²) < 4.78 is 5.50. The highest BCUT2D eigenvalue weighted by Gasteiger charge is 2.51. The summed E-state index contributed by atoms with van der Waals surface area (Å²) in [4.78, 5) is 11.4. The summed E-state index contributed by atoms with van der Waals surface area (Å²) in [5.41, 5.74) is 1.44. The number of ether oxygens (including phenoxy) is 1. The standard InChI is InChI=1S/C17H28O4/c1-9(2)14-13(21-11(4)18)8-10(3)12-6-7-17(5,20)15(12)16(14)19/h9,13-16,19-20H,6-8H2,1-5H3/t13-,14-,15+,16-,17-/m1/s1. The van der Waals surface area contributed by atoms with E-state index in [1.807, 2.05) is 27.7 Å². The maximum Gasteiger partial charge on any atom is 0.302 e. The lowest BCUT2D eigenvalue weighted by atomic mass is 9.75. The summed E-state index contributed by atoms with van der Waals surface area (Å²) in [6, 6.07) is 0. The van der Waals surface area contributed by atoms with E-state index in [9.17, 15) is 15.0 Å². The topological polar surface area (TPSA) is 66.8 Å². The van der Waals surface area contributed by atoms with Crippen molar-refractivity contribution in [2.24, 2.45) is 17.8 Å². The fourth-order valence-electron chi connectivity index (χ4n) is 4.30. The molecular formula is C17H28O4. The third-order valence-corrected chi connectivity index (χ3v) is 5.25. The van der Waals surface area contributed by atoms with E-state index >= 15 is 0 Å². The lowest BCUT2D eigenvalue weighted by molar-refractivity contribution is -0.155. The Balaban J connectivity index is 2.43. The lowest BCUT2D eigenvalue weighted by Crippen LogP contribution is -2.46. The third kappa shape index (κ3) is 3.02. The quantitative estimate of drug-likeness (QED) is 0.607. The number of rotatable bonds is 2. The maximum absolute atomic E-state index is 11.4. The molecule has 2 rings (SSSR count). The van der Waals surface area contributed by atoms with Crippen LogP contribution in [0.2, 0.25) is 0 Å². The summed E-state index contributed by atoms with van der Waals surface area (Å²) in [6.07, 6.45) is 1.16. The zero-order valence-electron chi connectivity index (χ0n) is 13.7. The molecule has 0 bridgehead atoms. The van der Waals surface area contributed by atoms with Gasteiger partial charge in [0, 0.05) is 25.2 Å². The number of aliphatic hydroxyl groups is 2. The van der Waals surface area contributed by atoms with Gasteiger partial charge in [-0.1, -0.05) is 25.0 Å². The normalized spacial score (nSPS) is 40.2. The molecule has 0 saturated heterocycles. The van der Waals surface area contributed by atoms with Crippen molar-refractivity contribution >= 4 is 5.97 Å². The van der Waals surface area contributed by atoms with Gasteiger partial charge in [-0.2, -0.15) is 0 Å². The van der Waals surface area contributed by atoms with Crippen LogP contribution in [0, 0.1) is 17.8 Å². The van der Waals surface area contributed by atoms with Crippen LogP contribution in [0.4, 0.5) is 0 Å². The molecule has 5 atom stereocenters. The van der Waals surface area contributed by atoms with Gasteiger partial charge in [0.25, 0.3) is 0 Å². The van der Waals surface area contributed by atoms with Crippen LogP contribution >= 0.6 is 0 Å². The second-order valence-electron chi connectivity index (χ2n) is 7.30. The van der Waals surface area contributed by atoms with Crippen LogP contribution in [0.15, 0.2) is 11.1 Å². The average Bonchev–Trinajstić information content (AvgIpc) is 2.57. The predicted octanol–water partition coefficient (Wildman–Crippen LogP) is 2.43. The molecule has 21 heavy (non-hydrogen) atoms. The first kappa shape index (κ1) is 16.5. The molecule has 1 saturated carbocycles. The van der Waals surface area contributed by atoms with Gasteiger partial charge in [0.2, 0.25) is 0 Å². The van der Waals surface area contributed by atoms with E-state index in [4.69, 9.17) is 4.74 Å². The number of esters is 1. The largest absolute Gasteiger partial charge is 0.462 e. The SMILES string of the molecule is CC(=O)O[C@@H]1CC(C)=C2CC[C@@](C)(O)[C@@H]2[C@H](O)[C@@H]1C(C)C. The van der Waals surface area contributed by atoms with Gasteiger partial charge < -0.3 is 14.9 Å². The van der Waals surface area contributed by atoms with Crippen LogP contribution in [0.5, 0.6) is 0 Å². The van der Waals surface area contributed by atoms with E-state index in [1.165, 1.54) is 6.92 Å². The molecule has 4 nitrogen and oxygen atoms in total. The minimum absolute atomic E-state index is 0.157. The Hall–Kier alpha value is -0.870. The molecule has 2 N–H and O–H groups in total. The number of carbonyl (C=O) groups excluding carboxylic acids is 1. The van der Waals surface area contributed by atoms with E-state index in [1.54, 1.807) is 0 Å². The summed E-state index contributed by atoms with van der Waals surface area (Å²) in [5, 5.41) is 21.6. The summed E-state index contributed by atoms with van der Waals surface area (Å²) in [6.45, 7) is 9.33. The van der Waals surface area contributed by atoms with Crippen LogP contribution in [0.25, 0.3) is 0 Å². The Morgan fingerprint density at radius 1 is 1.43 bits per heavy atom. The Morgan fingerprint density at radius 2 is 2.05 bits per heavy atom. The zero-order chi connectivity index (χ0) is 15.9. The van der Waals surface area contributed by atoms with Crippen LogP contribution in [0.1, 0.15) is 53.9 Å². The van der Waals surface area contributed by atoms with Gasteiger partial charge in [0.1, 0.15) is 6.10 Å². The number of aliphatic hydroxyl groups excluding tert-OH is 1. The van der Waals surface area contributed by atoms with Gasteiger partial charge in [-0.25, -0.2) is 0 Å². The van der Waals surface area contributed by atoms with Gasteiger partial charge in [0.05, 0.1) is 11.7 Å². The number of hydrogen-bond acceptors (Lipinski definition) is 4. The smallest absolute Gasteiger partial charge is 0.302 e. The van der Waals surface area contributed by atoms with Crippen LogP contribution < -0.4 is 0 Å². The fourth-order valence-corrected chi connectivity index (χ4v) is 4.30. The molecule has 1 fully saturated rings. The molecule has 0 spiro atoms. The highest BCUT2D eigenvalue weighted by molar-refractivity contribution is 5.66. The maximum atomic E-state index is 11.4. The van der Waals surface area contributed by atoms with Crippen molar-refractivity contribution in [3.63, 3.8) is 0 Å². The van der Waals surface area contributed by atoms with Crippen molar-refractivity contribution in [3.05, 3.63) is 11.1 Å². The van der Waals surface area contributed by atoms with E-state index in [2.05, 4.69) is 0 Å². The van der Waals surface area contributed by atoms with E-state index in [0.29, 0.717) is 12.8 Å². The van der Waals surface area contributed by atoms with Crippen molar-refractivity contribution in [2.75, 3.05) is 0 Å². The number of hydrogen-bond donors (Lipinski definition) is 2. The Morgan fingerprint density at radius 3 is 2.57 bits per heavy atom. The van der Waals surface area contributed by atoms with Crippen molar-refractivity contribution in [2.45, 2.75) is 71.7 Å². The zero-order valence-corrected chi connectivity index (χ0v) is 13.7. The highest BCUT2D eigenvalue weighted by atomic mass is 16.5. The molecular weight excluding hydrogens is 268 g/mol. The Bertz CT molecular complexity index is 450. The first-order valence-corrected chi connectivity index (χ1v) is 7.91. The van der Waals surface area contributed by atoms with Gasteiger partial charge in [0.15, 0.2) is 0 Å². The van der Waals surface area contributed by atoms with Gasteiger partial charge in [-0.3, -0.25) is 4.79 Å². The Kier molecular flexibility index (Phi) is 4.50. The van der Waals surface area contributed by atoms with Crippen molar-refractivity contribution in [3.8, 4) is 0 Å². The second-order valence-corrected chi connectivity index (χ2v) is 7.30. The molecule has 4 heteroatoms. The molecule has 2 aliphatic carbocycles. The molecule has 2 aliphatic rings. The second kappa shape index (κ2) is 5.73. The molecule has 0 aromatic carbocycles. The van der Waals surface area contributed by atoms with Crippen LogP contribution in [0.3, 0.4) is 0 Å². The van der Waals surface area contributed by atoms with E-state index < -0.39 is 11.7 Å². The summed E-state index contributed by atoms with van der Waals surface area (Å²) in [7, 11) is 0. The number of fused-ring (bicyclic) bond motifs is 1.